The van der Waals surface area contributed by atoms with Crippen molar-refractivity contribution in [1.82, 2.24) is 10.6 Å². The number of amides is 2. The number of benzene rings is 1. The Hall–Kier alpha value is -2.17. The first-order valence-corrected chi connectivity index (χ1v) is 6.39. The number of rotatable bonds is 2. The lowest BCUT2D eigenvalue weighted by atomic mass is 9.95. The van der Waals surface area contributed by atoms with Gasteiger partial charge < -0.3 is 0 Å². The first-order chi connectivity index (χ1) is 9.13. The summed E-state index contributed by atoms with van der Waals surface area (Å²) in [6, 6.07) is 7.68. The second-order valence-corrected chi connectivity index (χ2v) is 5.03. The van der Waals surface area contributed by atoms with Crippen LogP contribution in [-0.4, -0.2) is 23.8 Å². The van der Waals surface area contributed by atoms with Crippen molar-refractivity contribution in [1.29, 1.82) is 0 Å². The summed E-state index contributed by atoms with van der Waals surface area (Å²) in [7, 11) is 0. The van der Waals surface area contributed by atoms with Crippen molar-refractivity contribution in [3.63, 3.8) is 0 Å². The number of aliphatic imine (C=N–C) groups is 1. The van der Waals surface area contributed by atoms with Crippen LogP contribution in [0.5, 0.6) is 0 Å². The Kier molecular flexibility index (Phi) is 2.81. The molecule has 1 aromatic carbocycles. The molecule has 0 radical (unpaired) electrons. The third-order valence-electron chi connectivity index (χ3n) is 3.24. The second-order valence-electron chi connectivity index (χ2n) is 5.03. The van der Waals surface area contributed by atoms with Gasteiger partial charge in [0.2, 0.25) is 17.8 Å². The molecule has 1 aromatic rings. The van der Waals surface area contributed by atoms with Crippen LogP contribution in [0.25, 0.3) is 0 Å². The molecule has 1 aliphatic heterocycles. The average molecular weight is 257 g/mol. The van der Waals surface area contributed by atoms with E-state index >= 15 is 0 Å². The average Bonchev–Trinajstić information content (AvgIpc) is 3.12. The van der Waals surface area contributed by atoms with Gasteiger partial charge in [0.05, 0.1) is 6.04 Å². The predicted molar refractivity (Wildman–Crippen MR) is 70.7 cm³/mol. The van der Waals surface area contributed by atoms with Gasteiger partial charge in [-0.25, -0.2) is 4.99 Å². The fraction of sp³-hybridized carbons (Fsp3) is 0.357. The van der Waals surface area contributed by atoms with Crippen molar-refractivity contribution >= 4 is 17.8 Å². The molecule has 0 bridgehead atoms. The molecule has 2 fully saturated rings. The third-order valence-corrected chi connectivity index (χ3v) is 3.24. The zero-order valence-corrected chi connectivity index (χ0v) is 10.6. The van der Waals surface area contributed by atoms with Gasteiger partial charge >= 0.3 is 0 Å². The molecule has 19 heavy (non-hydrogen) atoms. The van der Waals surface area contributed by atoms with Crippen LogP contribution < -0.4 is 10.6 Å². The summed E-state index contributed by atoms with van der Waals surface area (Å²) >= 11 is 0. The molecule has 0 atom stereocenters. The number of hydrogen-bond donors (Lipinski definition) is 2. The molecule has 0 unspecified atom stereocenters. The number of guanidine groups is 1. The van der Waals surface area contributed by atoms with Gasteiger partial charge in [0.1, 0.15) is 5.92 Å². The Morgan fingerprint density at radius 1 is 1.16 bits per heavy atom. The zero-order valence-electron chi connectivity index (χ0n) is 10.6. The molecule has 5 heteroatoms. The molecule has 3 rings (SSSR count). The van der Waals surface area contributed by atoms with Crippen molar-refractivity contribution in [2.45, 2.75) is 31.7 Å². The largest absolute Gasteiger partial charge is 0.295 e. The Labute approximate surface area is 111 Å². The summed E-state index contributed by atoms with van der Waals surface area (Å²) in [4.78, 5) is 28.4. The quantitative estimate of drug-likeness (QED) is 0.771. The summed E-state index contributed by atoms with van der Waals surface area (Å²) in [5.74, 6) is -1.12. The first kappa shape index (κ1) is 11.9. The van der Waals surface area contributed by atoms with E-state index in [1.807, 2.05) is 25.1 Å². The Bertz CT molecular complexity index is 556. The molecule has 0 aromatic heterocycles. The fourth-order valence-corrected chi connectivity index (χ4v) is 2.13. The van der Waals surface area contributed by atoms with E-state index in [1.54, 1.807) is 6.07 Å². The van der Waals surface area contributed by atoms with Gasteiger partial charge in [-0.05, 0) is 25.3 Å². The van der Waals surface area contributed by atoms with Crippen molar-refractivity contribution < 1.29 is 9.59 Å². The molecule has 2 aliphatic rings. The summed E-state index contributed by atoms with van der Waals surface area (Å²) in [5, 5.41) is 5.33. The van der Waals surface area contributed by atoms with Crippen LogP contribution in [0.3, 0.4) is 0 Å². The lowest BCUT2D eigenvalue weighted by Gasteiger charge is -2.23. The minimum absolute atomic E-state index is 0.256. The molecule has 1 heterocycles. The number of nitrogens with zero attached hydrogens (tertiary/aromatic N) is 1. The number of carbonyl (C=O) groups excluding carboxylic acids is 2. The predicted octanol–water partition coefficient (Wildman–Crippen LogP) is 0.843. The lowest BCUT2D eigenvalue weighted by molar-refractivity contribution is -0.131. The van der Waals surface area contributed by atoms with Crippen LogP contribution in [0.4, 0.5) is 0 Å². The minimum atomic E-state index is -0.793. The molecule has 98 valence electrons. The van der Waals surface area contributed by atoms with Crippen LogP contribution >= 0.6 is 0 Å². The number of nitrogens with one attached hydrogen (secondary N) is 2. The van der Waals surface area contributed by atoms with Crippen LogP contribution in [0.15, 0.2) is 29.3 Å². The first-order valence-electron chi connectivity index (χ1n) is 6.39. The van der Waals surface area contributed by atoms with E-state index in [9.17, 15) is 9.59 Å². The summed E-state index contributed by atoms with van der Waals surface area (Å²) in [6.07, 6.45) is 2.05. The normalized spacial score (nSPS) is 22.8. The van der Waals surface area contributed by atoms with E-state index in [2.05, 4.69) is 15.6 Å². The molecule has 1 aliphatic carbocycles. The number of hydrogen-bond acceptors (Lipinski definition) is 3. The van der Waals surface area contributed by atoms with Crippen molar-refractivity contribution in [2.24, 2.45) is 4.99 Å². The van der Waals surface area contributed by atoms with Crippen molar-refractivity contribution in [2.75, 3.05) is 0 Å². The van der Waals surface area contributed by atoms with Crippen molar-refractivity contribution in [3.05, 3.63) is 35.4 Å². The van der Waals surface area contributed by atoms with Gasteiger partial charge in [0.25, 0.3) is 0 Å². The van der Waals surface area contributed by atoms with Crippen LogP contribution in [0, 0.1) is 6.92 Å². The van der Waals surface area contributed by atoms with Gasteiger partial charge in [0, 0.05) is 0 Å². The second kappa shape index (κ2) is 4.50. The van der Waals surface area contributed by atoms with E-state index in [0.29, 0.717) is 11.5 Å². The highest BCUT2D eigenvalue weighted by atomic mass is 16.2. The maximum Gasteiger partial charge on any atom is 0.243 e. The summed E-state index contributed by atoms with van der Waals surface area (Å²) in [5.41, 5.74) is 1.73. The van der Waals surface area contributed by atoms with Crippen molar-refractivity contribution in [3.8, 4) is 0 Å². The lowest BCUT2D eigenvalue weighted by Crippen LogP contribution is -2.55. The number of carbonyl (C=O) groups is 2. The molecular formula is C14H15N3O2. The van der Waals surface area contributed by atoms with E-state index in [0.717, 1.165) is 18.4 Å². The van der Waals surface area contributed by atoms with Gasteiger partial charge in [0.15, 0.2) is 0 Å². The smallest absolute Gasteiger partial charge is 0.243 e. The summed E-state index contributed by atoms with van der Waals surface area (Å²) < 4.78 is 0. The highest BCUT2D eigenvalue weighted by Gasteiger charge is 2.35. The van der Waals surface area contributed by atoms with Gasteiger partial charge in [-0.1, -0.05) is 29.8 Å². The maximum absolute atomic E-state index is 12.1. The number of aryl methyl sites for hydroxylation is 1. The highest BCUT2D eigenvalue weighted by molar-refractivity contribution is 6.20. The van der Waals surface area contributed by atoms with E-state index in [1.165, 1.54) is 0 Å². The summed E-state index contributed by atoms with van der Waals surface area (Å²) in [6.45, 7) is 1.93. The molecule has 2 N–H and O–H groups in total. The maximum atomic E-state index is 12.1. The van der Waals surface area contributed by atoms with Crippen LogP contribution in [0.1, 0.15) is 29.9 Å². The molecule has 1 saturated carbocycles. The third kappa shape index (κ3) is 2.50. The topological polar surface area (TPSA) is 70.6 Å². The highest BCUT2D eigenvalue weighted by Crippen LogP contribution is 2.24. The van der Waals surface area contributed by atoms with Crippen LogP contribution in [0.2, 0.25) is 0 Å². The van der Waals surface area contributed by atoms with Gasteiger partial charge in [-0.3, -0.25) is 20.2 Å². The van der Waals surface area contributed by atoms with Gasteiger partial charge in [-0.2, -0.15) is 0 Å². The van der Waals surface area contributed by atoms with E-state index in [4.69, 9.17) is 0 Å². The Morgan fingerprint density at radius 2 is 1.84 bits per heavy atom. The molecule has 5 nitrogen and oxygen atoms in total. The van der Waals surface area contributed by atoms with E-state index in [-0.39, 0.29) is 17.9 Å². The Balaban J connectivity index is 1.84. The Morgan fingerprint density at radius 3 is 2.42 bits per heavy atom. The minimum Gasteiger partial charge on any atom is -0.295 e. The standard InChI is InChI=1S/C14H15N3O2/c1-8-3-2-4-9(7-8)11-12(18)16-14(17-13(11)19)15-10-5-6-10/h2-4,7,10-11H,5-6H2,1H3,(H2,15,16,17,18,19). The van der Waals surface area contributed by atoms with Gasteiger partial charge in [-0.15, -0.1) is 0 Å². The fourth-order valence-electron chi connectivity index (χ4n) is 2.13. The van der Waals surface area contributed by atoms with Crippen LogP contribution in [-0.2, 0) is 9.59 Å². The molecule has 1 saturated heterocycles. The molecular weight excluding hydrogens is 242 g/mol. The SMILES string of the molecule is Cc1cccc(C2C(=O)NC(=NC3CC3)NC2=O)c1. The van der Waals surface area contributed by atoms with E-state index < -0.39 is 5.92 Å². The zero-order chi connectivity index (χ0) is 13.4. The monoisotopic (exact) mass is 257 g/mol. The molecule has 2 amide bonds. The molecule has 0 spiro atoms.